The first-order valence-corrected chi connectivity index (χ1v) is 7.85. The molecular formula is C16H16N4O4. The third-order valence-electron chi connectivity index (χ3n) is 4.26. The average Bonchev–Trinajstić information content (AvgIpc) is 3.48. The van der Waals surface area contributed by atoms with Crippen LogP contribution in [0.25, 0.3) is 0 Å². The number of amides is 2. The van der Waals surface area contributed by atoms with Crippen molar-refractivity contribution >= 4 is 11.8 Å². The summed E-state index contributed by atoms with van der Waals surface area (Å²) < 4.78 is 5.20. The molecule has 2 aliphatic rings. The van der Waals surface area contributed by atoms with E-state index in [1.165, 1.54) is 24.9 Å². The summed E-state index contributed by atoms with van der Waals surface area (Å²) in [5.41, 5.74) is 0.425. The molecule has 2 aliphatic carbocycles. The Bertz CT molecular complexity index is 852. The van der Waals surface area contributed by atoms with Gasteiger partial charge in [0.05, 0.1) is 17.8 Å². The summed E-state index contributed by atoms with van der Waals surface area (Å²) >= 11 is 0. The van der Waals surface area contributed by atoms with Gasteiger partial charge in [0.15, 0.2) is 11.8 Å². The zero-order valence-electron chi connectivity index (χ0n) is 12.7. The third kappa shape index (κ3) is 2.82. The normalized spacial score (nSPS) is 22.0. The fourth-order valence-electron chi connectivity index (χ4n) is 2.66. The molecule has 0 bridgehead atoms. The maximum absolute atomic E-state index is 12.3. The van der Waals surface area contributed by atoms with Crippen molar-refractivity contribution in [3.05, 3.63) is 52.1 Å². The predicted molar refractivity (Wildman–Crippen MR) is 82.7 cm³/mol. The smallest absolute Gasteiger partial charge is 0.289 e. The minimum Gasteiger partial charge on any atom is -0.438 e. The summed E-state index contributed by atoms with van der Waals surface area (Å²) in [6, 6.07) is 0.944. The average molecular weight is 328 g/mol. The van der Waals surface area contributed by atoms with Crippen LogP contribution in [-0.4, -0.2) is 33.9 Å². The summed E-state index contributed by atoms with van der Waals surface area (Å²) in [5.74, 6) is -0.177. The van der Waals surface area contributed by atoms with Gasteiger partial charge in [-0.15, -0.1) is 0 Å². The van der Waals surface area contributed by atoms with Crippen LogP contribution < -0.4 is 16.1 Å². The molecule has 8 nitrogen and oxygen atoms in total. The van der Waals surface area contributed by atoms with Crippen LogP contribution in [0.3, 0.4) is 0 Å². The molecule has 2 heterocycles. The Balaban J connectivity index is 1.34. The molecule has 0 unspecified atom stereocenters. The van der Waals surface area contributed by atoms with Gasteiger partial charge in [0.2, 0.25) is 5.76 Å². The van der Waals surface area contributed by atoms with Crippen molar-refractivity contribution in [2.24, 2.45) is 0 Å². The third-order valence-corrected chi connectivity index (χ3v) is 4.26. The van der Waals surface area contributed by atoms with Crippen LogP contribution in [0, 0.1) is 0 Å². The first-order valence-electron chi connectivity index (χ1n) is 7.85. The Morgan fingerprint density at radius 3 is 2.67 bits per heavy atom. The summed E-state index contributed by atoms with van der Waals surface area (Å²) in [7, 11) is 0. The number of hydrogen-bond acceptors (Lipinski definition) is 5. The van der Waals surface area contributed by atoms with Crippen molar-refractivity contribution < 1.29 is 14.0 Å². The number of rotatable bonds is 5. The number of pyridine rings is 1. The van der Waals surface area contributed by atoms with Crippen LogP contribution in [0.5, 0.6) is 0 Å². The van der Waals surface area contributed by atoms with E-state index in [0.717, 1.165) is 12.8 Å². The highest BCUT2D eigenvalue weighted by molar-refractivity contribution is 5.95. The van der Waals surface area contributed by atoms with E-state index in [1.54, 1.807) is 0 Å². The highest BCUT2D eigenvalue weighted by atomic mass is 16.3. The van der Waals surface area contributed by atoms with E-state index in [0.29, 0.717) is 18.0 Å². The van der Waals surface area contributed by atoms with Crippen LogP contribution in [0.4, 0.5) is 0 Å². The fraction of sp³-hybridized carbons (Fsp3) is 0.375. The number of nitrogens with one attached hydrogen (secondary N) is 3. The van der Waals surface area contributed by atoms with Crippen LogP contribution in [0.15, 0.2) is 34.1 Å². The lowest BCUT2D eigenvalue weighted by molar-refractivity contribution is 0.0907. The highest BCUT2D eigenvalue weighted by Crippen LogP contribution is 2.40. The minimum atomic E-state index is -0.447. The molecule has 2 fully saturated rings. The second kappa shape index (κ2) is 5.63. The van der Waals surface area contributed by atoms with Crippen LogP contribution in [0.1, 0.15) is 51.8 Å². The number of carbonyl (C=O) groups is 2. The van der Waals surface area contributed by atoms with Gasteiger partial charge in [0.25, 0.3) is 11.8 Å². The Kier molecular flexibility index (Phi) is 3.44. The van der Waals surface area contributed by atoms with Crippen molar-refractivity contribution in [3.8, 4) is 0 Å². The lowest BCUT2D eigenvalue weighted by Crippen LogP contribution is -2.36. The molecule has 2 amide bonds. The van der Waals surface area contributed by atoms with Crippen molar-refractivity contribution in [1.29, 1.82) is 0 Å². The number of nitrogens with zero attached hydrogens (tertiary/aromatic N) is 1. The van der Waals surface area contributed by atoms with Gasteiger partial charge < -0.3 is 20.0 Å². The molecule has 2 atom stereocenters. The predicted octanol–water partition coefficient (Wildman–Crippen LogP) is 0.541. The van der Waals surface area contributed by atoms with E-state index < -0.39 is 5.91 Å². The van der Waals surface area contributed by atoms with Crippen LogP contribution in [-0.2, 0) is 0 Å². The molecule has 2 aromatic heterocycles. The number of H-pyrrole nitrogens is 1. The van der Waals surface area contributed by atoms with Gasteiger partial charge in [-0.1, -0.05) is 0 Å². The molecule has 4 rings (SSSR count). The van der Waals surface area contributed by atoms with Crippen molar-refractivity contribution in [1.82, 2.24) is 20.6 Å². The van der Waals surface area contributed by atoms with Gasteiger partial charge in [-0.3, -0.25) is 14.4 Å². The first-order chi connectivity index (χ1) is 11.6. The van der Waals surface area contributed by atoms with Gasteiger partial charge in [0.1, 0.15) is 5.56 Å². The zero-order chi connectivity index (χ0) is 16.7. The fourth-order valence-corrected chi connectivity index (χ4v) is 2.66. The number of aromatic nitrogens is 2. The van der Waals surface area contributed by atoms with E-state index in [1.807, 2.05) is 0 Å². The second-order valence-corrected chi connectivity index (χ2v) is 6.16. The lowest BCUT2D eigenvalue weighted by Gasteiger charge is -2.05. The van der Waals surface area contributed by atoms with Gasteiger partial charge in [-0.05, 0) is 19.3 Å². The molecule has 2 aromatic rings. The Labute approximate surface area is 136 Å². The summed E-state index contributed by atoms with van der Waals surface area (Å²) in [6.45, 7) is 0. The highest BCUT2D eigenvalue weighted by Gasteiger charge is 2.41. The van der Waals surface area contributed by atoms with Gasteiger partial charge >= 0.3 is 0 Å². The molecule has 0 aliphatic heterocycles. The van der Waals surface area contributed by atoms with E-state index in [4.69, 9.17) is 4.42 Å². The van der Waals surface area contributed by atoms with Crippen molar-refractivity contribution in [2.45, 2.75) is 37.3 Å². The Morgan fingerprint density at radius 1 is 1.21 bits per heavy atom. The van der Waals surface area contributed by atoms with Crippen molar-refractivity contribution in [3.63, 3.8) is 0 Å². The maximum Gasteiger partial charge on any atom is 0.289 e. The minimum absolute atomic E-state index is 0.0562. The number of hydrogen-bond donors (Lipinski definition) is 3. The number of oxazole rings is 1. The molecule has 0 spiro atoms. The Hall–Kier alpha value is -2.90. The molecule has 0 radical (unpaired) electrons. The molecule has 8 heteroatoms. The van der Waals surface area contributed by atoms with Crippen LogP contribution in [0.2, 0.25) is 0 Å². The topological polar surface area (TPSA) is 117 Å². The van der Waals surface area contributed by atoms with Crippen LogP contribution >= 0.6 is 0 Å². The quantitative estimate of drug-likeness (QED) is 0.740. The molecular weight excluding hydrogens is 312 g/mol. The summed E-state index contributed by atoms with van der Waals surface area (Å²) in [6.07, 6.45) is 6.80. The molecule has 2 saturated carbocycles. The van der Waals surface area contributed by atoms with E-state index in [9.17, 15) is 14.4 Å². The Morgan fingerprint density at radius 2 is 1.96 bits per heavy atom. The standard InChI is InChI=1S/C16H16N4O4/c21-12-3-4-17-6-9(12)15(22)19-10-5-11(10)20-16(23)14-13(8-1-2-8)18-7-24-14/h3-4,6-8,10-11H,1-2,5H2,(H,17,21)(H,19,22)(H,20,23)/t10-,11-/m1/s1. The molecule has 24 heavy (non-hydrogen) atoms. The second-order valence-electron chi connectivity index (χ2n) is 6.16. The zero-order valence-corrected chi connectivity index (χ0v) is 12.7. The molecule has 124 valence electrons. The van der Waals surface area contributed by atoms with Gasteiger partial charge in [-0.25, -0.2) is 4.98 Å². The molecule has 0 saturated heterocycles. The monoisotopic (exact) mass is 328 g/mol. The largest absolute Gasteiger partial charge is 0.438 e. The van der Waals surface area contributed by atoms with Gasteiger partial charge in [0, 0.05) is 24.4 Å². The summed E-state index contributed by atoms with van der Waals surface area (Å²) in [4.78, 5) is 42.7. The summed E-state index contributed by atoms with van der Waals surface area (Å²) in [5, 5.41) is 5.57. The van der Waals surface area contributed by atoms with Gasteiger partial charge in [-0.2, -0.15) is 0 Å². The van der Waals surface area contributed by atoms with E-state index >= 15 is 0 Å². The molecule has 3 N–H and O–H groups in total. The first kappa shape index (κ1) is 14.7. The van der Waals surface area contributed by atoms with E-state index in [-0.39, 0.29) is 34.7 Å². The molecule has 0 aromatic carbocycles. The van der Waals surface area contributed by atoms with Crippen molar-refractivity contribution in [2.75, 3.05) is 0 Å². The number of aromatic amines is 1. The lowest BCUT2D eigenvalue weighted by atomic mass is 10.2. The van der Waals surface area contributed by atoms with E-state index in [2.05, 4.69) is 20.6 Å². The maximum atomic E-state index is 12.3. The SMILES string of the molecule is O=C(N[C@@H]1C[C@H]1NC(=O)c1c[nH]ccc1=O)c1ocnc1C1CC1. The number of carbonyl (C=O) groups excluding carboxylic acids is 2.